The van der Waals surface area contributed by atoms with E-state index in [1.807, 2.05) is 24.3 Å². The zero-order chi connectivity index (χ0) is 17.6. The number of hydrogen-bond donors (Lipinski definition) is 1. The maximum atomic E-state index is 12.9. The van der Waals surface area contributed by atoms with Crippen LogP contribution in [0.4, 0.5) is 11.5 Å². The standard InChI is InChI=1S/C18H17N5O2/c1-25-17-21-13-6-9-23(16(24)14(13)15(20)22-17)12-4-2-11(3-5-12)18(10-19)7-8-18/h2-5H,6-9H2,1H3,(H2,20,21,22). The number of nitrogen functional groups attached to an aromatic ring is 1. The highest BCUT2D eigenvalue weighted by Crippen LogP contribution is 2.47. The van der Waals surface area contributed by atoms with Crippen LogP contribution in [-0.2, 0) is 11.8 Å². The normalized spacial score (nSPS) is 17.6. The van der Waals surface area contributed by atoms with E-state index in [9.17, 15) is 10.1 Å². The van der Waals surface area contributed by atoms with Gasteiger partial charge in [-0.1, -0.05) is 12.1 Å². The summed E-state index contributed by atoms with van der Waals surface area (Å²) in [6.07, 6.45) is 2.37. The molecule has 1 aromatic carbocycles. The summed E-state index contributed by atoms with van der Waals surface area (Å²) >= 11 is 0. The lowest BCUT2D eigenvalue weighted by molar-refractivity contribution is 0.0980. The molecule has 2 aromatic rings. The van der Waals surface area contributed by atoms with Crippen LogP contribution in [0.3, 0.4) is 0 Å². The van der Waals surface area contributed by atoms with Crippen LogP contribution < -0.4 is 15.4 Å². The van der Waals surface area contributed by atoms with Gasteiger partial charge in [0.2, 0.25) is 0 Å². The predicted molar refractivity (Wildman–Crippen MR) is 91.3 cm³/mol. The molecule has 7 heteroatoms. The third kappa shape index (κ3) is 2.38. The largest absolute Gasteiger partial charge is 0.467 e. The smallest absolute Gasteiger partial charge is 0.318 e. The number of nitrogens with two attached hydrogens (primary N) is 1. The van der Waals surface area contributed by atoms with Crippen LogP contribution in [0, 0.1) is 11.3 Å². The van der Waals surface area contributed by atoms with Gasteiger partial charge in [-0.2, -0.15) is 15.2 Å². The Morgan fingerprint density at radius 3 is 2.60 bits per heavy atom. The molecule has 7 nitrogen and oxygen atoms in total. The highest BCUT2D eigenvalue weighted by Gasteiger charge is 2.44. The number of nitriles is 1. The van der Waals surface area contributed by atoms with Crippen LogP contribution >= 0.6 is 0 Å². The molecule has 1 amide bonds. The van der Waals surface area contributed by atoms with Gasteiger partial charge in [-0.3, -0.25) is 4.79 Å². The number of aromatic nitrogens is 2. The molecule has 2 heterocycles. The van der Waals surface area contributed by atoms with Crippen molar-refractivity contribution >= 4 is 17.4 Å². The monoisotopic (exact) mass is 335 g/mol. The van der Waals surface area contributed by atoms with E-state index < -0.39 is 0 Å². The van der Waals surface area contributed by atoms with Crippen molar-refractivity contribution < 1.29 is 9.53 Å². The quantitative estimate of drug-likeness (QED) is 0.917. The number of carbonyl (C=O) groups is 1. The average molecular weight is 335 g/mol. The lowest BCUT2D eigenvalue weighted by atomic mass is 9.97. The first-order valence-electron chi connectivity index (χ1n) is 8.12. The number of methoxy groups -OCH3 is 1. The minimum atomic E-state index is -0.328. The Balaban J connectivity index is 1.65. The van der Waals surface area contributed by atoms with E-state index >= 15 is 0 Å². The molecular formula is C18H17N5O2. The van der Waals surface area contributed by atoms with Gasteiger partial charge in [0.15, 0.2) is 0 Å². The van der Waals surface area contributed by atoms with E-state index in [-0.39, 0.29) is 23.2 Å². The third-order valence-corrected chi connectivity index (χ3v) is 4.90. The van der Waals surface area contributed by atoms with Crippen molar-refractivity contribution in [3.8, 4) is 12.1 Å². The first-order chi connectivity index (χ1) is 12.1. The van der Waals surface area contributed by atoms with E-state index in [2.05, 4.69) is 16.0 Å². The van der Waals surface area contributed by atoms with E-state index in [0.717, 1.165) is 24.1 Å². The van der Waals surface area contributed by atoms with Gasteiger partial charge >= 0.3 is 6.01 Å². The maximum Gasteiger partial charge on any atom is 0.318 e. The number of hydrogen-bond acceptors (Lipinski definition) is 6. The topological polar surface area (TPSA) is 105 Å². The van der Waals surface area contributed by atoms with Crippen molar-refractivity contribution in [2.45, 2.75) is 24.7 Å². The average Bonchev–Trinajstić information content (AvgIpc) is 3.43. The molecule has 1 saturated carbocycles. The van der Waals surface area contributed by atoms with Gasteiger partial charge in [-0.25, -0.2) is 0 Å². The number of ether oxygens (including phenoxy) is 1. The Morgan fingerprint density at radius 1 is 1.28 bits per heavy atom. The molecule has 1 aliphatic carbocycles. The molecule has 0 bridgehead atoms. The van der Waals surface area contributed by atoms with Crippen LogP contribution in [0.1, 0.15) is 34.5 Å². The van der Waals surface area contributed by atoms with Gasteiger partial charge in [-0.15, -0.1) is 0 Å². The van der Waals surface area contributed by atoms with Gasteiger partial charge in [0.05, 0.1) is 24.3 Å². The number of anilines is 2. The molecule has 126 valence electrons. The Hall–Kier alpha value is -3.14. The van der Waals surface area contributed by atoms with Crippen LogP contribution in [0.2, 0.25) is 0 Å². The van der Waals surface area contributed by atoms with Crippen LogP contribution in [-0.4, -0.2) is 29.5 Å². The molecule has 0 saturated heterocycles. The van der Waals surface area contributed by atoms with Gasteiger partial charge in [-0.05, 0) is 30.5 Å². The SMILES string of the molecule is COc1nc(N)c2c(n1)CCN(c1ccc(C3(C#N)CC3)cc1)C2=O. The summed E-state index contributed by atoms with van der Waals surface area (Å²) < 4.78 is 5.02. The highest BCUT2D eigenvalue weighted by atomic mass is 16.5. The molecule has 1 aromatic heterocycles. The van der Waals surface area contributed by atoms with Crippen molar-refractivity contribution in [3.05, 3.63) is 41.1 Å². The second-order valence-corrected chi connectivity index (χ2v) is 6.36. The zero-order valence-electron chi connectivity index (χ0n) is 13.8. The van der Waals surface area contributed by atoms with Gasteiger partial charge in [0.1, 0.15) is 11.4 Å². The highest BCUT2D eigenvalue weighted by molar-refractivity contribution is 6.10. The molecular weight excluding hydrogens is 318 g/mol. The van der Waals surface area contributed by atoms with Crippen molar-refractivity contribution in [3.63, 3.8) is 0 Å². The fraction of sp³-hybridized carbons (Fsp3) is 0.333. The van der Waals surface area contributed by atoms with E-state index in [4.69, 9.17) is 10.5 Å². The summed E-state index contributed by atoms with van der Waals surface area (Å²) in [5.41, 5.74) is 8.36. The molecule has 1 aliphatic heterocycles. The van der Waals surface area contributed by atoms with Crippen LogP contribution in [0.25, 0.3) is 0 Å². The van der Waals surface area contributed by atoms with Crippen LogP contribution in [0.15, 0.2) is 24.3 Å². The fourth-order valence-corrected chi connectivity index (χ4v) is 3.26. The lowest BCUT2D eigenvalue weighted by Crippen LogP contribution is -2.39. The lowest BCUT2D eigenvalue weighted by Gasteiger charge is -2.28. The summed E-state index contributed by atoms with van der Waals surface area (Å²) in [5.74, 6) is -0.0786. The number of fused-ring (bicyclic) bond motifs is 1. The fourth-order valence-electron chi connectivity index (χ4n) is 3.26. The minimum absolute atomic E-state index is 0.134. The summed E-state index contributed by atoms with van der Waals surface area (Å²) in [4.78, 5) is 22.8. The third-order valence-electron chi connectivity index (χ3n) is 4.90. The summed E-state index contributed by atoms with van der Waals surface area (Å²) in [6, 6.07) is 10.2. The Kier molecular flexibility index (Phi) is 3.35. The van der Waals surface area contributed by atoms with Crippen molar-refractivity contribution in [2.75, 3.05) is 24.3 Å². The van der Waals surface area contributed by atoms with Gasteiger partial charge in [0, 0.05) is 18.7 Å². The molecule has 0 atom stereocenters. The molecule has 4 rings (SSSR count). The van der Waals surface area contributed by atoms with Crippen molar-refractivity contribution in [1.82, 2.24) is 9.97 Å². The number of benzene rings is 1. The van der Waals surface area contributed by atoms with E-state index in [1.165, 1.54) is 7.11 Å². The summed E-state index contributed by atoms with van der Waals surface area (Å²) in [6.45, 7) is 0.508. The van der Waals surface area contributed by atoms with Crippen LogP contribution in [0.5, 0.6) is 6.01 Å². The number of nitrogens with zero attached hydrogens (tertiary/aromatic N) is 4. The molecule has 2 aliphatic rings. The number of carbonyl (C=O) groups excluding carboxylic acids is 1. The molecule has 0 radical (unpaired) electrons. The summed E-state index contributed by atoms with van der Waals surface area (Å²) in [7, 11) is 1.47. The second kappa shape index (κ2) is 5.45. The Bertz CT molecular complexity index is 897. The Morgan fingerprint density at radius 2 is 2.00 bits per heavy atom. The second-order valence-electron chi connectivity index (χ2n) is 6.36. The predicted octanol–water partition coefficient (Wildman–Crippen LogP) is 1.83. The molecule has 25 heavy (non-hydrogen) atoms. The Labute approximate surface area is 145 Å². The van der Waals surface area contributed by atoms with Crippen molar-refractivity contribution in [2.24, 2.45) is 0 Å². The zero-order valence-corrected chi connectivity index (χ0v) is 13.8. The van der Waals surface area contributed by atoms with E-state index in [1.54, 1.807) is 4.90 Å². The first kappa shape index (κ1) is 15.4. The van der Waals surface area contributed by atoms with Crippen molar-refractivity contribution in [1.29, 1.82) is 5.26 Å². The summed E-state index contributed by atoms with van der Waals surface area (Å²) in [5, 5.41) is 9.30. The number of rotatable bonds is 3. The molecule has 2 N–H and O–H groups in total. The molecule has 0 spiro atoms. The maximum absolute atomic E-state index is 12.9. The van der Waals surface area contributed by atoms with E-state index in [0.29, 0.717) is 24.2 Å². The molecule has 1 fully saturated rings. The molecule has 0 unspecified atom stereocenters. The van der Waals surface area contributed by atoms with Gasteiger partial charge in [0.25, 0.3) is 5.91 Å². The minimum Gasteiger partial charge on any atom is -0.467 e. The first-order valence-corrected chi connectivity index (χ1v) is 8.12. The number of amides is 1. The van der Waals surface area contributed by atoms with Gasteiger partial charge < -0.3 is 15.4 Å².